The fraction of sp³-hybridized carbons (Fsp3) is 0.400. The highest BCUT2D eigenvalue weighted by Crippen LogP contribution is 2.32. The second-order valence-corrected chi connectivity index (χ2v) is 8.38. The molecule has 146 valence electrons. The van der Waals surface area contributed by atoms with Gasteiger partial charge in [-0.1, -0.05) is 0 Å². The molecular weight excluding hydrogens is 376 g/mol. The van der Waals surface area contributed by atoms with Crippen LogP contribution in [-0.2, 0) is 22.6 Å². The molecule has 8 heteroatoms. The van der Waals surface area contributed by atoms with E-state index in [-0.39, 0.29) is 30.1 Å². The summed E-state index contributed by atoms with van der Waals surface area (Å²) < 4.78 is 0. The Hall–Kier alpha value is -2.58. The van der Waals surface area contributed by atoms with E-state index in [1.54, 1.807) is 24.3 Å². The molecule has 2 aromatic rings. The van der Waals surface area contributed by atoms with E-state index < -0.39 is 0 Å². The van der Waals surface area contributed by atoms with E-state index in [4.69, 9.17) is 0 Å². The summed E-state index contributed by atoms with van der Waals surface area (Å²) in [6.07, 6.45) is 2.71. The lowest BCUT2D eigenvalue weighted by atomic mass is 10.1. The van der Waals surface area contributed by atoms with Crippen molar-refractivity contribution in [2.24, 2.45) is 5.92 Å². The first kappa shape index (κ1) is 18.8. The van der Waals surface area contributed by atoms with Gasteiger partial charge in [-0.2, -0.15) is 0 Å². The van der Waals surface area contributed by atoms with Crippen LogP contribution >= 0.6 is 11.3 Å². The van der Waals surface area contributed by atoms with Gasteiger partial charge in [-0.25, -0.2) is 4.98 Å². The molecule has 2 N–H and O–H groups in total. The van der Waals surface area contributed by atoms with Crippen molar-refractivity contribution in [2.75, 3.05) is 23.7 Å². The topological polar surface area (TPSA) is 91.4 Å². The number of amides is 2. The zero-order chi connectivity index (χ0) is 19.7. The van der Waals surface area contributed by atoms with Gasteiger partial charge in [0.15, 0.2) is 10.9 Å². The van der Waals surface area contributed by atoms with E-state index in [2.05, 4.69) is 20.5 Å². The van der Waals surface area contributed by atoms with Gasteiger partial charge < -0.3 is 10.6 Å². The molecule has 0 radical (unpaired) electrons. The van der Waals surface area contributed by atoms with Crippen molar-refractivity contribution in [1.29, 1.82) is 0 Å². The Balaban J connectivity index is 1.31. The zero-order valence-corrected chi connectivity index (χ0v) is 16.5. The lowest BCUT2D eigenvalue weighted by Crippen LogP contribution is -2.36. The minimum atomic E-state index is -0.0919. The number of fused-ring (bicyclic) bond motifs is 1. The Labute approximate surface area is 167 Å². The molecule has 7 nitrogen and oxygen atoms in total. The minimum absolute atomic E-state index is 0.000699. The van der Waals surface area contributed by atoms with Crippen LogP contribution < -0.4 is 10.6 Å². The number of carbonyl (C=O) groups is 3. The Kier molecular flexibility index (Phi) is 5.23. The molecule has 1 aromatic heterocycles. The summed E-state index contributed by atoms with van der Waals surface area (Å²) in [5.74, 6) is 0.133. The highest BCUT2D eigenvalue weighted by molar-refractivity contribution is 7.15. The molecule has 0 unspecified atom stereocenters. The third-order valence-corrected chi connectivity index (χ3v) is 5.93. The Morgan fingerprint density at radius 3 is 2.61 bits per heavy atom. The monoisotopic (exact) mass is 398 g/mol. The largest absolute Gasteiger partial charge is 0.325 e. The Morgan fingerprint density at radius 2 is 1.93 bits per heavy atom. The third kappa shape index (κ3) is 4.45. The number of anilines is 2. The molecule has 1 aliphatic heterocycles. The summed E-state index contributed by atoms with van der Waals surface area (Å²) >= 11 is 1.50. The first-order chi connectivity index (χ1) is 13.5. The van der Waals surface area contributed by atoms with Crippen LogP contribution in [0.15, 0.2) is 24.3 Å². The maximum Gasteiger partial charge on any atom is 0.238 e. The first-order valence-electron chi connectivity index (χ1n) is 9.40. The highest BCUT2D eigenvalue weighted by atomic mass is 32.1. The number of hydrogen-bond donors (Lipinski definition) is 2. The average molecular weight is 398 g/mol. The van der Waals surface area contributed by atoms with Crippen LogP contribution in [-0.4, -0.2) is 40.6 Å². The number of Topliss-reactive ketones (excluding diaryl/α,β-unsaturated/α-hetero) is 1. The molecule has 28 heavy (non-hydrogen) atoms. The maximum atomic E-state index is 12.4. The van der Waals surface area contributed by atoms with Crippen molar-refractivity contribution in [2.45, 2.75) is 32.7 Å². The molecule has 1 fully saturated rings. The molecule has 1 aliphatic carbocycles. The molecule has 4 rings (SSSR count). The summed E-state index contributed by atoms with van der Waals surface area (Å²) in [4.78, 5) is 43.3. The maximum absolute atomic E-state index is 12.4. The van der Waals surface area contributed by atoms with E-state index >= 15 is 0 Å². The third-order valence-electron chi connectivity index (χ3n) is 4.93. The molecule has 2 amide bonds. The SMILES string of the molecule is CC(=O)c1ccc(NC(=O)CN2CCc3nc(NC(=O)C4CC4)sc3C2)cc1. The summed E-state index contributed by atoms with van der Waals surface area (Å²) in [7, 11) is 0. The summed E-state index contributed by atoms with van der Waals surface area (Å²) in [5.41, 5.74) is 2.32. The van der Waals surface area contributed by atoms with Gasteiger partial charge >= 0.3 is 0 Å². The van der Waals surface area contributed by atoms with Crippen LogP contribution in [0.2, 0.25) is 0 Å². The predicted octanol–water partition coefficient (Wildman–Crippen LogP) is 2.69. The molecule has 1 aromatic carbocycles. The van der Waals surface area contributed by atoms with Crippen LogP contribution in [0.3, 0.4) is 0 Å². The van der Waals surface area contributed by atoms with Crippen molar-refractivity contribution in [3.63, 3.8) is 0 Å². The summed E-state index contributed by atoms with van der Waals surface area (Å²) in [6, 6.07) is 6.89. The molecule has 2 heterocycles. The van der Waals surface area contributed by atoms with E-state index in [1.165, 1.54) is 18.3 Å². The summed E-state index contributed by atoms with van der Waals surface area (Å²) in [6.45, 7) is 3.21. The number of hydrogen-bond acceptors (Lipinski definition) is 6. The lowest BCUT2D eigenvalue weighted by molar-refractivity contribution is -0.118. The predicted molar refractivity (Wildman–Crippen MR) is 108 cm³/mol. The molecule has 0 spiro atoms. The molecule has 0 bridgehead atoms. The van der Waals surface area contributed by atoms with Gasteiger partial charge in [0.05, 0.1) is 12.2 Å². The van der Waals surface area contributed by atoms with Gasteiger partial charge in [0.25, 0.3) is 0 Å². The minimum Gasteiger partial charge on any atom is -0.325 e. The number of ketones is 1. The molecule has 2 aliphatic rings. The number of nitrogens with one attached hydrogen (secondary N) is 2. The van der Waals surface area contributed by atoms with Gasteiger partial charge in [0, 0.05) is 41.6 Å². The quantitative estimate of drug-likeness (QED) is 0.730. The standard InChI is InChI=1S/C20H22N4O3S/c1-12(25)13-4-6-15(7-5-13)21-18(26)11-24-9-8-16-17(10-24)28-20(22-16)23-19(27)14-2-3-14/h4-7,14H,2-3,8-11H2,1H3,(H,21,26)(H,22,23,27). The number of benzene rings is 1. The van der Waals surface area contributed by atoms with Gasteiger partial charge in [-0.05, 0) is 44.0 Å². The number of thiazole rings is 1. The van der Waals surface area contributed by atoms with Crippen LogP contribution in [0, 0.1) is 5.92 Å². The number of aromatic nitrogens is 1. The van der Waals surface area contributed by atoms with E-state index in [1.807, 2.05) is 0 Å². The van der Waals surface area contributed by atoms with Crippen LogP contribution in [0.25, 0.3) is 0 Å². The molecular formula is C20H22N4O3S. The van der Waals surface area contributed by atoms with Crippen LogP contribution in [0.5, 0.6) is 0 Å². The Morgan fingerprint density at radius 1 is 1.18 bits per heavy atom. The van der Waals surface area contributed by atoms with Crippen LogP contribution in [0.1, 0.15) is 40.7 Å². The second-order valence-electron chi connectivity index (χ2n) is 7.29. The number of rotatable bonds is 6. The highest BCUT2D eigenvalue weighted by Gasteiger charge is 2.31. The van der Waals surface area contributed by atoms with Gasteiger partial charge in [0.2, 0.25) is 11.8 Å². The molecule has 0 saturated heterocycles. The van der Waals surface area contributed by atoms with Crippen molar-refractivity contribution >= 4 is 39.8 Å². The normalized spacial score (nSPS) is 16.3. The molecule has 0 atom stereocenters. The van der Waals surface area contributed by atoms with Crippen molar-refractivity contribution in [3.8, 4) is 0 Å². The van der Waals surface area contributed by atoms with Crippen molar-refractivity contribution in [3.05, 3.63) is 40.4 Å². The first-order valence-corrected chi connectivity index (χ1v) is 10.2. The fourth-order valence-electron chi connectivity index (χ4n) is 3.18. The van der Waals surface area contributed by atoms with Crippen molar-refractivity contribution < 1.29 is 14.4 Å². The van der Waals surface area contributed by atoms with E-state index in [9.17, 15) is 14.4 Å². The fourth-order valence-corrected chi connectivity index (χ4v) is 4.24. The number of carbonyl (C=O) groups excluding carboxylic acids is 3. The van der Waals surface area contributed by atoms with Gasteiger partial charge in [-0.3, -0.25) is 19.3 Å². The van der Waals surface area contributed by atoms with E-state index in [0.29, 0.717) is 22.9 Å². The van der Waals surface area contributed by atoms with Gasteiger partial charge in [0.1, 0.15) is 0 Å². The smallest absolute Gasteiger partial charge is 0.238 e. The lowest BCUT2D eigenvalue weighted by Gasteiger charge is -2.25. The summed E-state index contributed by atoms with van der Waals surface area (Å²) in [5, 5.41) is 6.44. The number of nitrogens with zero attached hydrogens (tertiary/aromatic N) is 2. The van der Waals surface area contributed by atoms with E-state index in [0.717, 1.165) is 36.4 Å². The molecule has 1 saturated carbocycles. The van der Waals surface area contributed by atoms with Crippen LogP contribution in [0.4, 0.5) is 10.8 Å². The zero-order valence-electron chi connectivity index (χ0n) is 15.7. The van der Waals surface area contributed by atoms with Gasteiger partial charge in [-0.15, -0.1) is 11.3 Å². The average Bonchev–Trinajstić information content (AvgIpc) is 3.43. The van der Waals surface area contributed by atoms with Crippen molar-refractivity contribution in [1.82, 2.24) is 9.88 Å². The second kappa shape index (κ2) is 7.81. The Bertz CT molecular complexity index is 918.